The fourth-order valence-corrected chi connectivity index (χ4v) is 1.99. The van der Waals surface area contributed by atoms with E-state index in [2.05, 4.69) is 0 Å². The van der Waals surface area contributed by atoms with E-state index >= 15 is 0 Å². The van der Waals surface area contributed by atoms with Crippen molar-refractivity contribution in [1.29, 1.82) is 0 Å². The zero-order chi connectivity index (χ0) is 10.6. The van der Waals surface area contributed by atoms with Crippen molar-refractivity contribution in [3.05, 3.63) is 12.2 Å². The van der Waals surface area contributed by atoms with Crippen LogP contribution in [0.4, 0.5) is 0 Å². The molecular formula is C10H14O4. The lowest BCUT2D eigenvalue weighted by molar-refractivity contribution is -0.139. The molecule has 0 aromatic heterocycles. The Hall–Kier alpha value is -1.16. The van der Waals surface area contributed by atoms with Crippen LogP contribution in [0.2, 0.25) is 0 Å². The van der Waals surface area contributed by atoms with E-state index in [1.54, 1.807) is 6.08 Å². The summed E-state index contributed by atoms with van der Waals surface area (Å²) in [6.07, 6.45) is 4.52. The van der Waals surface area contributed by atoms with Crippen molar-refractivity contribution < 1.29 is 19.8 Å². The topological polar surface area (TPSA) is 74.6 Å². The Kier molecular flexibility index (Phi) is 3.83. The molecule has 0 bridgehead atoms. The van der Waals surface area contributed by atoms with Gasteiger partial charge in [0.15, 0.2) is 0 Å². The first-order valence-corrected chi connectivity index (χ1v) is 4.67. The van der Waals surface area contributed by atoms with Crippen LogP contribution in [0.15, 0.2) is 12.2 Å². The summed E-state index contributed by atoms with van der Waals surface area (Å²) in [5, 5.41) is 18.2. The predicted molar refractivity (Wildman–Crippen MR) is 49.7 cm³/mol. The van der Waals surface area contributed by atoms with Gasteiger partial charge in [-0.2, -0.15) is 0 Å². The molecule has 1 fully saturated rings. The third-order valence-corrected chi connectivity index (χ3v) is 2.69. The maximum atomic E-state index is 10.5. The summed E-state index contributed by atoms with van der Waals surface area (Å²) in [5.74, 6) is -1.13. The lowest BCUT2D eigenvalue weighted by Gasteiger charge is -2.16. The molecule has 78 valence electrons. The van der Waals surface area contributed by atoms with Crippen LogP contribution in [-0.4, -0.2) is 28.6 Å². The van der Waals surface area contributed by atoms with Crippen LogP contribution < -0.4 is 0 Å². The molecule has 1 aliphatic rings. The van der Waals surface area contributed by atoms with Gasteiger partial charge in [0.05, 0.1) is 12.5 Å². The van der Waals surface area contributed by atoms with Gasteiger partial charge in [0.25, 0.3) is 0 Å². The average molecular weight is 198 g/mol. The number of aliphatic carboxylic acids is 1. The van der Waals surface area contributed by atoms with Crippen molar-refractivity contribution in [2.75, 3.05) is 0 Å². The van der Waals surface area contributed by atoms with Gasteiger partial charge in [-0.25, -0.2) is 0 Å². The highest BCUT2D eigenvalue weighted by molar-refractivity contribution is 5.67. The van der Waals surface area contributed by atoms with Gasteiger partial charge in [-0.15, -0.1) is 0 Å². The van der Waals surface area contributed by atoms with Crippen LogP contribution in [0.1, 0.15) is 19.3 Å². The number of aliphatic hydroxyl groups excluding tert-OH is 1. The Morgan fingerprint density at radius 1 is 1.43 bits per heavy atom. The number of allylic oxidation sites excluding steroid dienone is 2. The van der Waals surface area contributed by atoms with Crippen LogP contribution in [0.5, 0.6) is 0 Å². The minimum absolute atomic E-state index is 0.0197. The molecule has 0 spiro atoms. The Morgan fingerprint density at radius 3 is 2.71 bits per heavy atom. The van der Waals surface area contributed by atoms with Crippen LogP contribution in [0.25, 0.3) is 0 Å². The Bertz CT molecular complexity index is 247. The van der Waals surface area contributed by atoms with Crippen LogP contribution in [-0.2, 0) is 9.59 Å². The van der Waals surface area contributed by atoms with Crippen molar-refractivity contribution in [3.63, 3.8) is 0 Å². The summed E-state index contributed by atoms with van der Waals surface area (Å²) in [7, 11) is 0. The SMILES string of the molecule is O=CC=C[C@@H]1CC[C@@H](O)[C@H]1CC(=O)O. The molecule has 1 rings (SSSR count). The second-order valence-corrected chi connectivity index (χ2v) is 3.59. The van der Waals surface area contributed by atoms with Crippen molar-refractivity contribution in [3.8, 4) is 0 Å². The smallest absolute Gasteiger partial charge is 0.303 e. The number of carboxylic acid groups (broad SMARTS) is 1. The number of carboxylic acids is 1. The molecule has 14 heavy (non-hydrogen) atoms. The van der Waals surface area contributed by atoms with Crippen LogP contribution in [0.3, 0.4) is 0 Å². The molecule has 3 atom stereocenters. The third kappa shape index (κ3) is 2.67. The summed E-state index contributed by atoms with van der Waals surface area (Å²) in [6, 6.07) is 0. The zero-order valence-corrected chi connectivity index (χ0v) is 7.80. The molecule has 0 saturated heterocycles. The second-order valence-electron chi connectivity index (χ2n) is 3.59. The highest BCUT2D eigenvalue weighted by atomic mass is 16.4. The van der Waals surface area contributed by atoms with E-state index in [-0.39, 0.29) is 18.3 Å². The van der Waals surface area contributed by atoms with E-state index in [1.165, 1.54) is 6.08 Å². The van der Waals surface area contributed by atoms with Gasteiger partial charge in [-0.05, 0) is 24.8 Å². The Morgan fingerprint density at radius 2 is 2.14 bits per heavy atom. The lowest BCUT2D eigenvalue weighted by atomic mass is 9.91. The first-order chi connectivity index (χ1) is 6.65. The van der Waals surface area contributed by atoms with E-state index in [4.69, 9.17) is 5.11 Å². The molecule has 0 aromatic rings. The van der Waals surface area contributed by atoms with Crippen molar-refractivity contribution >= 4 is 12.3 Å². The van der Waals surface area contributed by atoms with Crippen molar-refractivity contribution in [1.82, 2.24) is 0 Å². The fraction of sp³-hybridized carbons (Fsp3) is 0.600. The van der Waals surface area contributed by atoms with Gasteiger partial charge in [0.2, 0.25) is 0 Å². The average Bonchev–Trinajstić information content (AvgIpc) is 2.45. The molecule has 0 aromatic carbocycles. The van der Waals surface area contributed by atoms with Crippen molar-refractivity contribution in [2.24, 2.45) is 11.8 Å². The third-order valence-electron chi connectivity index (χ3n) is 2.69. The number of carbonyl (C=O) groups is 2. The number of aldehydes is 1. The molecule has 0 radical (unpaired) electrons. The van der Waals surface area contributed by atoms with Crippen LogP contribution in [0, 0.1) is 11.8 Å². The van der Waals surface area contributed by atoms with Gasteiger partial charge in [-0.1, -0.05) is 6.08 Å². The highest BCUT2D eigenvalue weighted by Gasteiger charge is 2.34. The summed E-state index contributed by atoms with van der Waals surface area (Å²) >= 11 is 0. The normalized spacial score (nSPS) is 32.2. The molecule has 1 saturated carbocycles. The van der Waals surface area contributed by atoms with Gasteiger partial charge < -0.3 is 10.2 Å². The highest BCUT2D eigenvalue weighted by Crippen LogP contribution is 2.35. The van der Waals surface area contributed by atoms with E-state index in [1.807, 2.05) is 0 Å². The molecule has 0 aliphatic heterocycles. The Labute approximate surface area is 82.2 Å². The zero-order valence-electron chi connectivity index (χ0n) is 7.80. The molecule has 0 heterocycles. The number of hydrogen-bond acceptors (Lipinski definition) is 3. The molecule has 1 aliphatic carbocycles. The molecule has 0 unspecified atom stereocenters. The minimum atomic E-state index is -0.902. The Balaban J connectivity index is 2.61. The van der Waals surface area contributed by atoms with E-state index in [9.17, 15) is 14.7 Å². The van der Waals surface area contributed by atoms with Gasteiger partial charge in [-0.3, -0.25) is 9.59 Å². The molecule has 4 nitrogen and oxygen atoms in total. The fourth-order valence-electron chi connectivity index (χ4n) is 1.99. The maximum Gasteiger partial charge on any atom is 0.303 e. The largest absolute Gasteiger partial charge is 0.481 e. The standard InChI is InChI=1S/C10H14O4/c11-5-1-2-7-3-4-9(12)8(7)6-10(13)14/h1-2,5,7-9,12H,3-4,6H2,(H,13,14)/t7-,8+,9-/m1/s1. The van der Waals surface area contributed by atoms with E-state index < -0.39 is 12.1 Å². The minimum Gasteiger partial charge on any atom is -0.481 e. The molecule has 0 amide bonds. The summed E-state index contributed by atoms with van der Waals surface area (Å²) < 4.78 is 0. The molecular weight excluding hydrogens is 184 g/mol. The summed E-state index contributed by atoms with van der Waals surface area (Å²) in [5.41, 5.74) is 0. The van der Waals surface area contributed by atoms with E-state index in [0.717, 1.165) is 6.42 Å². The number of rotatable bonds is 4. The van der Waals surface area contributed by atoms with Crippen LogP contribution >= 0.6 is 0 Å². The van der Waals surface area contributed by atoms with Crippen molar-refractivity contribution in [2.45, 2.75) is 25.4 Å². The summed E-state index contributed by atoms with van der Waals surface area (Å²) in [4.78, 5) is 20.6. The molecule has 2 N–H and O–H groups in total. The quantitative estimate of drug-likeness (QED) is 0.512. The monoisotopic (exact) mass is 198 g/mol. The van der Waals surface area contributed by atoms with Gasteiger partial charge >= 0.3 is 5.97 Å². The predicted octanol–water partition coefficient (Wildman–Crippen LogP) is 0.603. The van der Waals surface area contributed by atoms with Gasteiger partial charge in [0.1, 0.15) is 6.29 Å². The number of aliphatic hydroxyl groups is 1. The maximum absolute atomic E-state index is 10.5. The van der Waals surface area contributed by atoms with E-state index in [0.29, 0.717) is 12.7 Å². The lowest BCUT2D eigenvalue weighted by Crippen LogP contribution is -2.21. The number of carbonyl (C=O) groups excluding carboxylic acids is 1. The van der Waals surface area contributed by atoms with Gasteiger partial charge in [0, 0.05) is 5.92 Å². The first kappa shape index (κ1) is 10.9. The summed E-state index contributed by atoms with van der Waals surface area (Å²) in [6.45, 7) is 0. The first-order valence-electron chi connectivity index (χ1n) is 4.67. The second kappa shape index (κ2) is 4.91. The number of hydrogen-bond donors (Lipinski definition) is 2. The molecule has 4 heteroatoms.